The molecular weight excluding hydrogens is 1190 g/mol. The summed E-state index contributed by atoms with van der Waals surface area (Å²) < 4.78 is 12.8. The van der Waals surface area contributed by atoms with Crippen molar-refractivity contribution in [3.05, 3.63) is 0 Å². The molecule has 12 heteroatoms. The maximum Gasteiger partial charge on any atom is 0.0667 e. The predicted molar refractivity (Wildman–Crippen MR) is 416 cm³/mol. The molecule has 4 unspecified atom stereocenters. The first-order valence-electron chi connectivity index (χ1n) is 43.2. The van der Waals surface area contributed by atoms with Crippen molar-refractivity contribution in [3.63, 3.8) is 0 Å². The Bertz CT molecular complexity index is 1410. The number of hydrogen-bond acceptors (Lipinski definition) is 12. The van der Waals surface area contributed by atoms with E-state index in [1.54, 1.807) is 0 Å². The number of ether oxygens (including phenoxy) is 2. The summed E-state index contributed by atoms with van der Waals surface area (Å²) in [7, 11) is 0. The molecule has 0 aromatic rings. The Morgan fingerprint density at radius 1 is 0.250 bits per heavy atom. The van der Waals surface area contributed by atoms with Gasteiger partial charge in [0.25, 0.3) is 0 Å². The maximum atomic E-state index is 11.5. The normalized spacial score (nSPS) is 15.1. The fourth-order valence-corrected chi connectivity index (χ4v) is 14.5. The van der Waals surface area contributed by atoms with E-state index in [-0.39, 0.29) is 30.5 Å². The van der Waals surface area contributed by atoms with Gasteiger partial charge in [0, 0.05) is 85.1 Å². The lowest BCUT2D eigenvalue weighted by Crippen LogP contribution is -2.49. The van der Waals surface area contributed by atoms with E-state index in [0.717, 1.165) is 136 Å². The second-order valence-electron chi connectivity index (χ2n) is 31.0. The van der Waals surface area contributed by atoms with Crippen LogP contribution in [0.1, 0.15) is 388 Å². The van der Waals surface area contributed by atoms with Crippen LogP contribution in [0.4, 0.5) is 0 Å². The Balaban J connectivity index is 2.73. The van der Waals surface area contributed by atoms with Gasteiger partial charge in [-0.15, -0.1) is 0 Å². The van der Waals surface area contributed by atoms with Crippen molar-refractivity contribution in [1.29, 1.82) is 0 Å². The van der Waals surface area contributed by atoms with Gasteiger partial charge in [-0.1, -0.05) is 329 Å². The molecule has 0 aromatic carbocycles. The van der Waals surface area contributed by atoms with E-state index in [1.807, 2.05) is 13.8 Å². The minimum Gasteiger partial charge on any atom is -0.393 e. The zero-order valence-electron chi connectivity index (χ0n) is 65.5. The second-order valence-corrected chi connectivity index (χ2v) is 31.0. The molecule has 0 bridgehead atoms. The third-order valence-corrected chi connectivity index (χ3v) is 21.2. The monoisotopic (exact) mass is 1360 g/mol. The summed E-state index contributed by atoms with van der Waals surface area (Å²) in [5, 5.41) is 53.2. The van der Waals surface area contributed by atoms with Crippen LogP contribution in [-0.2, 0) is 9.47 Å². The van der Waals surface area contributed by atoms with Gasteiger partial charge in [0.2, 0.25) is 0 Å². The molecule has 12 nitrogen and oxygen atoms in total. The van der Waals surface area contributed by atoms with Crippen LogP contribution >= 0.6 is 0 Å². The number of piperazine rings is 1. The lowest BCUT2D eigenvalue weighted by molar-refractivity contribution is 0.0274. The Labute approximate surface area is 599 Å². The predicted octanol–water partition coefficient (Wildman–Crippen LogP) is 19.9. The third kappa shape index (κ3) is 68.0. The van der Waals surface area contributed by atoms with Crippen LogP contribution in [0.2, 0.25) is 0 Å². The van der Waals surface area contributed by atoms with Gasteiger partial charge in [0.1, 0.15) is 0 Å². The molecule has 0 saturated carbocycles. The zero-order valence-corrected chi connectivity index (χ0v) is 65.5. The van der Waals surface area contributed by atoms with E-state index in [9.17, 15) is 25.5 Å². The first-order chi connectivity index (χ1) is 47.1. The minimum absolute atomic E-state index is 0.149. The number of aliphatic hydroxyl groups excluding tert-OH is 5. The number of nitrogens with zero attached hydrogens (tertiary/aromatic N) is 5. The first kappa shape index (κ1) is 93.5. The molecule has 1 heterocycles. The molecule has 5 atom stereocenters. The molecule has 0 spiro atoms. The lowest BCUT2D eigenvalue weighted by atomic mass is 10.0. The second kappa shape index (κ2) is 74.2. The van der Waals surface area contributed by atoms with Crippen LogP contribution in [-0.4, -0.2) is 205 Å². The average Bonchev–Trinajstić information content (AvgIpc) is 1.32. The molecule has 1 rings (SSSR count). The minimum atomic E-state index is -0.382. The summed E-state index contributed by atoms with van der Waals surface area (Å²) in [6, 6.07) is 0. The van der Waals surface area contributed by atoms with Crippen LogP contribution in [0.25, 0.3) is 0 Å². The Hall–Kier alpha value is -0.480. The first-order valence-corrected chi connectivity index (χ1v) is 43.2. The molecule has 1 aliphatic rings. The summed E-state index contributed by atoms with van der Waals surface area (Å²) in [6.45, 7) is 27.6. The van der Waals surface area contributed by atoms with E-state index in [1.165, 1.54) is 302 Å². The SMILES string of the molecule is CCCCCCCCCCCCC(O)CN(CCOCCN(CC(O)CCCCCCCCCCCC)CC(O)CCCCCCCCCCCC)CCN1CCN(CCOCCN(CCCCCCCCCCCCC(C)O)CCCCCCCCCCCC[C@@H](C)O)CC1. The summed E-state index contributed by atoms with van der Waals surface area (Å²) >= 11 is 0. The lowest BCUT2D eigenvalue weighted by Gasteiger charge is -2.36. The quantitative estimate of drug-likeness (QED) is 0.0371. The average molecular weight is 1370 g/mol. The number of aliphatic hydroxyl groups is 5. The van der Waals surface area contributed by atoms with E-state index < -0.39 is 0 Å². The molecular formula is C84H173N5O7. The highest BCUT2D eigenvalue weighted by atomic mass is 16.5. The number of rotatable bonds is 80. The van der Waals surface area contributed by atoms with Crippen molar-refractivity contribution in [2.45, 2.75) is 418 Å². The van der Waals surface area contributed by atoms with Crippen molar-refractivity contribution < 1.29 is 35.0 Å². The van der Waals surface area contributed by atoms with E-state index >= 15 is 0 Å². The highest BCUT2D eigenvalue weighted by Gasteiger charge is 2.21. The molecule has 1 fully saturated rings. The fourth-order valence-electron chi connectivity index (χ4n) is 14.5. The van der Waals surface area contributed by atoms with Crippen LogP contribution in [0.15, 0.2) is 0 Å². The number of hydrogen-bond donors (Lipinski definition) is 5. The topological polar surface area (TPSA) is 136 Å². The molecule has 1 aliphatic heterocycles. The van der Waals surface area contributed by atoms with Gasteiger partial charge in [-0.25, -0.2) is 0 Å². The Kier molecular flexibility index (Phi) is 72.3. The van der Waals surface area contributed by atoms with Gasteiger partial charge in [0.05, 0.1) is 56.9 Å². The summed E-state index contributed by atoms with van der Waals surface area (Å²) in [5.41, 5.74) is 0. The molecule has 5 N–H and O–H groups in total. The van der Waals surface area contributed by atoms with Crippen LogP contribution in [0.3, 0.4) is 0 Å². The van der Waals surface area contributed by atoms with Gasteiger partial charge in [0.15, 0.2) is 0 Å². The maximum absolute atomic E-state index is 11.5. The molecule has 0 aliphatic carbocycles. The van der Waals surface area contributed by atoms with Gasteiger partial charge in [-0.2, -0.15) is 0 Å². The van der Waals surface area contributed by atoms with Crippen molar-refractivity contribution >= 4 is 0 Å². The van der Waals surface area contributed by atoms with E-state index in [0.29, 0.717) is 39.4 Å². The van der Waals surface area contributed by atoms with Crippen LogP contribution < -0.4 is 0 Å². The molecule has 0 amide bonds. The number of unbranched alkanes of at least 4 members (excludes halogenated alkanes) is 45. The fraction of sp³-hybridized carbons (Fsp3) is 1.00. The van der Waals surface area contributed by atoms with Gasteiger partial charge >= 0.3 is 0 Å². The van der Waals surface area contributed by atoms with Gasteiger partial charge in [-0.05, 0) is 71.9 Å². The van der Waals surface area contributed by atoms with Gasteiger partial charge < -0.3 is 39.9 Å². The summed E-state index contributed by atoms with van der Waals surface area (Å²) in [6.07, 6.45) is 68.4. The van der Waals surface area contributed by atoms with Crippen LogP contribution in [0.5, 0.6) is 0 Å². The van der Waals surface area contributed by atoms with Crippen molar-refractivity contribution in [2.75, 3.05) is 125 Å². The highest BCUT2D eigenvalue weighted by molar-refractivity contribution is 4.76. The van der Waals surface area contributed by atoms with Crippen molar-refractivity contribution in [2.24, 2.45) is 0 Å². The van der Waals surface area contributed by atoms with Crippen molar-refractivity contribution in [3.8, 4) is 0 Å². The van der Waals surface area contributed by atoms with Crippen molar-refractivity contribution in [1.82, 2.24) is 24.5 Å². The highest BCUT2D eigenvalue weighted by Crippen LogP contribution is 2.19. The van der Waals surface area contributed by atoms with Gasteiger partial charge in [-0.3, -0.25) is 19.6 Å². The summed E-state index contributed by atoms with van der Waals surface area (Å²) in [5.74, 6) is 0. The van der Waals surface area contributed by atoms with E-state index in [4.69, 9.17) is 9.47 Å². The Morgan fingerprint density at radius 2 is 0.490 bits per heavy atom. The van der Waals surface area contributed by atoms with E-state index in [2.05, 4.69) is 45.3 Å². The molecule has 0 aromatic heterocycles. The third-order valence-electron chi connectivity index (χ3n) is 21.2. The molecule has 576 valence electrons. The molecule has 0 radical (unpaired) electrons. The van der Waals surface area contributed by atoms with Crippen LogP contribution in [0, 0.1) is 0 Å². The zero-order chi connectivity index (χ0) is 69.5. The smallest absolute Gasteiger partial charge is 0.0667 e. The molecule has 1 saturated heterocycles. The largest absolute Gasteiger partial charge is 0.393 e. The Morgan fingerprint density at radius 3 is 0.802 bits per heavy atom. The standard InChI is InChI=1S/C84H173N5O7/c1-6-9-12-15-18-21-30-37-44-51-58-82(92)77-88(71-75-96-76-72-89(78-83(93)59-52-45-38-31-22-19-16-13-10-7-2)79-84(94)60-53-46-39-32-23-20-17-14-11-8-3)68-67-86-63-65-87(66-64-86)70-74-95-73-69-85(61-54-47-40-33-26-24-28-35-42-49-56-80(4)90)62-55-48-41-34-27-25-29-36-43-50-57-81(5)91/h80-84,90-94H,6-79H2,1-5H3/t80-,81?,82?,83?,84?/m1/s1. The summed E-state index contributed by atoms with van der Waals surface area (Å²) in [4.78, 5) is 12.7. The molecule has 96 heavy (non-hydrogen) atoms.